The Labute approximate surface area is 95.3 Å². The molecule has 5 heteroatoms. The number of esters is 1. The molecular weight excluding hydrogens is 267 g/mol. The molecule has 0 aliphatic carbocycles. The second kappa shape index (κ2) is 5.11. The maximum absolute atomic E-state index is 13.4. The Morgan fingerprint density at radius 2 is 2.13 bits per heavy atom. The van der Waals surface area contributed by atoms with Gasteiger partial charge in [-0.05, 0) is 28.1 Å². The van der Waals surface area contributed by atoms with Gasteiger partial charge in [-0.25, -0.2) is 4.39 Å². The fourth-order valence-electron chi connectivity index (χ4n) is 1.09. The van der Waals surface area contributed by atoms with Crippen LogP contribution in [0.15, 0.2) is 16.6 Å². The first kappa shape index (κ1) is 12.0. The number of benzene rings is 1. The zero-order valence-corrected chi connectivity index (χ0v) is 9.93. The second-order valence-electron chi connectivity index (χ2n) is 2.83. The molecular formula is C10H10BrFO3. The van der Waals surface area contributed by atoms with Crippen molar-refractivity contribution in [2.24, 2.45) is 0 Å². The number of rotatable bonds is 3. The third kappa shape index (κ3) is 2.92. The first-order valence-electron chi connectivity index (χ1n) is 4.17. The highest BCUT2D eigenvalue weighted by Gasteiger charge is 2.12. The first-order valence-corrected chi connectivity index (χ1v) is 4.96. The predicted octanol–water partition coefficient (Wildman–Crippen LogP) is 2.31. The van der Waals surface area contributed by atoms with Crippen molar-refractivity contribution in [1.29, 1.82) is 0 Å². The number of hydrogen-bond donors (Lipinski definition) is 0. The van der Waals surface area contributed by atoms with Crippen LogP contribution in [0.2, 0.25) is 0 Å². The van der Waals surface area contributed by atoms with E-state index in [4.69, 9.17) is 4.74 Å². The summed E-state index contributed by atoms with van der Waals surface area (Å²) < 4.78 is 23.3. The van der Waals surface area contributed by atoms with Crippen LogP contribution in [0.3, 0.4) is 0 Å². The molecule has 0 fully saturated rings. The van der Waals surface area contributed by atoms with Crippen molar-refractivity contribution in [2.75, 3.05) is 14.2 Å². The summed E-state index contributed by atoms with van der Waals surface area (Å²) in [5, 5.41) is 0. The molecule has 0 heterocycles. The molecule has 15 heavy (non-hydrogen) atoms. The van der Waals surface area contributed by atoms with Crippen LogP contribution in [0.5, 0.6) is 5.75 Å². The fourth-order valence-corrected chi connectivity index (χ4v) is 1.57. The number of carbonyl (C=O) groups is 1. The van der Waals surface area contributed by atoms with Crippen molar-refractivity contribution in [3.05, 3.63) is 28.0 Å². The van der Waals surface area contributed by atoms with Crippen LogP contribution < -0.4 is 4.74 Å². The molecule has 1 aromatic rings. The normalized spacial score (nSPS) is 9.87. The number of halogens is 2. The van der Waals surface area contributed by atoms with Crippen molar-refractivity contribution in [2.45, 2.75) is 6.42 Å². The lowest BCUT2D eigenvalue weighted by atomic mass is 10.1. The molecule has 0 radical (unpaired) electrons. The highest BCUT2D eigenvalue weighted by molar-refractivity contribution is 9.10. The van der Waals surface area contributed by atoms with Gasteiger partial charge in [0.1, 0.15) is 11.6 Å². The van der Waals surface area contributed by atoms with Gasteiger partial charge in [0.15, 0.2) is 0 Å². The fraction of sp³-hybridized carbons (Fsp3) is 0.300. The third-order valence-corrected chi connectivity index (χ3v) is 2.50. The Hall–Kier alpha value is -1.10. The molecule has 0 aliphatic rings. The number of hydrogen-bond acceptors (Lipinski definition) is 3. The molecule has 0 N–H and O–H groups in total. The summed E-state index contributed by atoms with van der Waals surface area (Å²) in [6, 6.07) is 2.73. The van der Waals surface area contributed by atoms with Crippen LogP contribution in [0, 0.1) is 5.82 Å². The zero-order chi connectivity index (χ0) is 11.4. The Bertz CT molecular complexity index is 379. The van der Waals surface area contributed by atoms with Gasteiger partial charge in [0.05, 0.1) is 25.1 Å². The monoisotopic (exact) mass is 276 g/mol. The Kier molecular flexibility index (Phi) is 4.08. The van der Waals surface area contributed by atoms with Crippen molar-refractivity contribution in [3.63, 3.8) is 0 Å². The second-order valence-corrected chi connectivity index (χ2v) is 3.69. The summed E-state index contributed by atoms with van der Waals surface area (Å²) in [6.07, 6.45) is -0.105. The topological polar surface area (TPSA) is 35.5 Å². The summed E-state index contributed by atoms with van der Waals surface area (Å²) in [5.41, 5.74) is 0.252. The highest BCUT2D eigenvalue weighted by Crippen LogP contribution is 2.28. The Morgan fingerprint density at radius 3 is 2.67 bits per heavy atom. The maximum atomic E-state index is 13.4. The van der Waals surface area contributed by atoms with Gasteiger partial charge in [-0.2, -0.15) is 0 Å². The predicted molar refractivity (Wildman–Crippen MR) is 56.4 cm³/mol. The maximum Gasteiger partial charge on any atom is 0.310 e. The molecule has 0 bridgehead atoms. The van der Waals surface area contributed by atoms with Crippen LogP contribution in [0.1, 0.15) is 5.56 Å². The van der Waals surface area contributed by atoms with E-state index in [1.54, 1.807) is 0 Å². The van der Waals surface area contributed by atoms with E-state index in [1.807, 2.05) is 0 Å². The molecule has 0 saturated carbocycles. The van der Waals surface area contributed by atoms with Crippen LogP contribution in [0.4, 0.5) is 4.39 Å². The standard InChI is InChI=1S/C10H10BrFO3/c1-14-9-3-6(4-10(13)15-2)8(12)5-7(9)11/h3,5H,4H2,1-2H3. The first-order chi connectivity index (χ1) is 7.08. The lowest BCUT2D eigenvalue weighted by Crippen LogP contribution is -2.06. The Balaban J connectivity index is 3.02. The van der Waals surface area contributed by atoms with Gasteiger partial charge in [0.25, 0.3) is 0 Å². The van der Waals surface area contributed by atoms with Crippen LogP contribution in [-0.4, -0.2) is 20.2 Å². The zero-order valence-electron chi connectivity index (χ0n) is 8.34. The minimum atomic E-state index is -0.488. The summed E-state index contributed by atoms with van der Waals surface area (Å²) in [4.78, 5) is 11.0. The molecule has 3 nitrogen and oxygen atoms in total. The largest absolute Gasteiger partial charge is 0.496 e. The van der Waals surface area contributed by atoms with Gasteiger partial charge in [0, 0.05) is 5.56 Å². The summed E-state index contributed by atoms with van der Waals surface area (Å²) >= 11 is 3.14. The number of methoxy groups -OCH3 is 2. The highest BCUT2D eigenvalue weighted by atomic mass is 79.9. The molecule has 82 valence electrons. The molecule has 0 atom stereocenters. The minimum absolute atomic E-state index is 0.105. The van der Waals surface area contributed by atoms with Crippen molar-refractivity contribution < 1.29 is 18.7 Å². The van der Waals surface area contributed by atoms with Gasteiger partial charge in [0.2, 0.25) is 0 Å². The molecule has 1 aromatic carbocycles. The van der Waals surface area contributed by atoms with Crippen molar-refractivity contribution in [1.82, 2.24) is 0 Å². The molecule has 0 unspecified atom stereocenters. The smallest absolute Gasteiger partial charge is 0.310 e. The SMILES string of the molecule is COC(=O)Cc1cc(OC)c(Br)cc1F. The number of ether oxygens (including phenoxy) is 2. The third-order valence-electron chi connectivity index (χ3n) is 1.88. The van der Waals surface area contributed by atoms with E-state index >= 15 is 0 Å². The van der Waals surface area contributed by atoms with Gasteiger partial charge < -0.3 is 9.47 Å². The van der Waals surface area contributed by atoms with E-state index in [0.717, 1.165) is 0 Å². The molecule has 0 aliphatic heterocycles. The number of carbonyl (C=O) groups excluding carboxylic acids is 1. The van der Waals surface area contributed by atoms with E-state index in [0.29, 0.717) is 10.2 Å². The molecule has 0 aromatic heterocycles. The molecule has 0 saturated heterocycles. The average molecular weight is 277 g/mol. The van der Waals surface area contributed by atoms with Gasteiger partial charge >= 0.3 is 5.97 Å². The van der Waals surface area contributed by atoms with E-state index in [9.17, 15) is 9.18 Å². The van der Waals surface area contributed by atoms with E-state index < -0.39 is 11.8 Å². The van der Waals surface area contributed by atoms with E-state index in [-0.39, 0.29) is 12.0 Å². The van der Waals surface area contributed by atoms with Crippen LogP contribution in [0.25, 0.3) is 0 Å². The van der Waals surface area contributed by atoms with Gasteiger partial charge in [-0.1, -0.05) is 0 Å². The van der Waals surface area contributed by atoms with E-state index in [2.05, 4.69) is 20.7 Å². The summed E-state index contributed by atoms with van der Waals surface area (Å²) in [5.74, 6) is -0.471. The Morgan fingerprint density at radius 1 is 1.47 bits per heavy atom. The molecule has 0 amide bonds. The van der Waals surface area contributed by atoms with Crippen molar-refractivity contribution >= 4 is 21.9 Å². The molecule has 1 rings (SSSR count). The molecule has 0 spiro atoms. The van der Waals surface area contributed by atoms with E-state index in [1.165, 1.54) is 26.4 Å². The van der Waals surface area contributed by atoms with Crippen LogP contribution >= 0.6 is 15.9 Å². The summed E-state index contributed by atoms with van der Waals surface area (Å²) in [6.45, 7) is 0. The summed E-state index contributed by atoms with van der Waals surface area (Å²) in [7, 11) is 2.73. The van der Waals surface area contributed by atoms with Gasteiger partial charge in [-0.3, -0.25) is 4.79 Å². The minimum Gasteiger partial charge on any atom is -0.496 e. The van der Waals surface area contributed by atoms with Crippen molar-refractivity contribution in [3.8, 4) is 5.75 Å². The lowest BCUT2D eigenvalue weighted by molar-refractivity contribution is -0.139. The lowest BCUT2D eigenvalue weighted by Gasteiger charge is -2.07. The van der Waals surface area contributed by atoms with Crippen LogP contribution in [-0.2, 0) is 16.0 Å². The average Bonchev–Trinajstić information content (AvgIpc) is 2.21. The quantitative estimate of drug-likeness (QED) is 0.795. The van der Waals surface area contributed by atoms with Gasteiger partial charge in [-0.15, -0.1) is 0 Å².